The van der Waals surface area contributed by atoms with Gasteiger partial charge in [-0.2, -0.15) is 0 Å². The van der Waals surface area contributed by atoms with Crippen LogP contribution < -0.4 is 20.1 Å². The van der Waals surface area contributed by atoms with Gasteiger partial charge >= 0.3 is 0 Å². The van der Waals surface area contributed by atoms with Crippen molar-refractivity contribution in [2.75, 3.05) is 7.11 Å². The van der Waals surface area contributed by atoms with Crippen LogP contribution in [0.1, 0.15) is 37.9 Å². The summed E-state index contributed by atoms with van der Waals surface area (Å²) in [6.07, 6.45) is -0.00649. The van der Waals surface area contributed by atoms with E-state index in [1.54, 1.807) is 14.0 Å². The molecule has 2 aromatic rings. The van der Waals surface area contributed by atoms with Gasteiger partial charge in [-0.3, -0.25) is 4.79 Å². The first-order chi connectivity index (χ1) is 13.8. The first kappa shape index (κ1) is 21.3. The fourth-order valence-corrected chi connectivity index (χ4v) is 4.06. The molecule has 0 radical (unpaired) electrons. The molecular formula is C22H23BrN2O3S. The molecule has 0 aliphatic carbocycles. The number of methoxy groups -OCH3 is 1. The van der Waals surface area contributed by atoms with Crippen LogP contribution in [0.25, 0.3) is 5.70 Å². The van der Waals surface area contributed by atoms with Crippen molar-refractivity contribution >= 4 is 44.7 Å². The number of hydrogen-bond donors (Lipinski definition) is 2. The number of benzene rings is 2. The molecule has 0 spiro atoms. The number of rotatable bonds is 6. The van der Waals surface area contributed by atoms with E-state index in [0.29, 0.717) is 27.9 Å². The molecule has 7 heteroatoms. The highest BCUT2D eigenvalue weighted by molar-refractivity contribution is 9.10. The van der Waals surface area contributed by atoms with E-state index in [1.165, 1.54) is 0 Å². The number of ether oxygens (including phenoxy) is 2. The summed E-state index contributed by atoms with van der Waals surface area (Å²) in [5, 5.41) is 6.84. The van der Waals surface area contributed by atoms with Gasteiger partial charge in [-0.1, -0.05) is 30.3 Å². The highest BCUT2D eigenvalue weighted by atomic mass is 79.9. The predicted molar refractivity (Wildman–Crippen MR) is 122 cm³/mol. The van der Waals surface area contributed by atoms with E-state index in [-0.39, 0.29) is 11.9 Å². The van der Waals surface area contributed by atoms with Gasteiger partial charge in [0.1, 0.15) is 0 Å². The monoisotopic (exact) mass is 474 g/mol. The maximum Gasteiger partial charge on any atom is 0.175 e. The third kappa shape index (κ3) is 4.62. The van der Waals surface area contributed by atoms with Gasteiger partial charge in [-0.25, -0.2) is 0 Å². The Kier molecular flexibility index (Phi) is 6.59. The molecule has 1 aliphatic rings. The Morgan fingerprint density at radius 2 is 1.90 bits per heavy atom. The largest absolute Gasteiger partial charge is 0.493 e. The first-order valence-corrected chi connectivity index (χ1v) is 10.4. The molecule has 0 bridgehead atoms. The molecule has 1 aliphatic heterocycles. The number of halogens is 1. The lowest BCUT2D eigenvalue weighted by molar-refractivity contribution is -0.113. The van der Waals surface area contributed by atoms with E-state index in [4.69, 9.17) is 21.7 Å². The molecule has 1 heterocycles. The summed E-state index contributed by atoms with van der Waals surface area (Å²) in [4.78, 5) is 12.7. The minimum Gasteiger partial charge on any atom is -0.493 e. The van der Waals surface area contributed by atoms with Gasteiger partial charge in [0.25, 0.3) is 0 Å². The smallest absolute Gasteiger partial charge is 0.175 e. The lowest BCUT2D eigenvalue weighted by atomic mass is 9.90. The van der Waals surface area contributed by atoms with Crippen molar-refractivity contribution in [1.82, 2.24) is 10.6 Å². The molecule has 0 fully saturated rings. The van der Waals surface area contributed by atoms with E-state index in [2.05, 4.69) is 26.6 Å². The van der Waals surface area contributed by atoms with E-state index in [9.17, 15) is 4.79 Å². The predicted octanol–water partition coefficient (Wildman–Crippen LogP) is 4.76. The molecule has 5 nitrogen and oxygen atoms in total. The van der Waals surface area contributed by atoms with Crippen molar-refractivity contribution in [3.8, 4) is 11.5 Å². The molecule has 2 N–H and O–H groups in total. The average Bonchev–Trinajstić information content (AvgIpc) is 2.68. The van der Waals surface area contributed by atoms with Crippen LogP contribution in [-0.2, 0) is 4.79 Å². The summed E-state index contributed by atoms with van der Waals surface area (Å²) in [6, 6.07) is 13.1. The van der Waals surface area contributed by atoms with Crippen molar-refractivity contribution in [3.05, 3.63) is 63.6 Å². The fraction of sp³-hybridized carbons (Fsp3) is 0.273. The Morgan fingerprint density at radius 3 is 2.48 bits per heavy atom. The molecule has 29 heavy (non-hydrogen) atoms. The normalized spacial score (nSPS) is 16.3. The lowest BCUT2D eigenvalue weighted by Crippen LogP contribution is -2.44. The van der Waals surface area contributed by atoms with Crippen LogP contribution in [0, 0.1) is 0 Å². The third-order valence-corrected chi connectivity index (χ3v) is 5.26. The Hall–Kier alpha value is -2.38. The number of ketones is 1. The van der Waals surface area contributed by atoms with Gasteiger partial charge in [0, 0.05) is 5.57 Å². The van der Waals surface area contributed by atoms with Crippen LogP contribution in [-0.4, -0.2) is 24.1 Å². The summed E-state index contributed by atoms with van der Waals surface area (Å²) in [6.45, 7) is 5.47. The molecule has 0 aromatic heterocycles. The number of hydrogen-bond acceptors (Lipinski definition) is 4. The Balaban J connectivity index is 2.17. The average molecular weight is 475 g/mol. The molecule has 152 valence electrons. The summed E-state index contributed by atoms with van der Waals surface area (Å²) >= 11 is 9.02. The molecule has 2 aromatic carbocycles. The highest BCUT2D eigenvalue weighted by Crippen LogP contribution is 2.41. The van der Waals surface area contributed by atoms with Gasteiger partial charge in [-0.15, -0.1) is 0 Å². The summed E-state index contributed by atoms with van der Waals surface area (Å²) in [7, 11) is 1.59. The van der Waals surface area contributed by atoms with Crippen LogP contribution >= 0.6 is 28.1 Å². The zero-order valence-corrected chi connectivity index (χ0v) is 19.1. The van der Waals surface area contributed by atoms with Crippen molar-refractivity contribution < 1.29 is 14.3 Å². The SMILES string of the molecule is COc1cc([C@H]2NC(=S)NC(c3ccccc3)=C2C(C)=O)cc(Br)c1OC(C)C. The van der Waals surface area contributed by atoms with Gasteiger partial charge in [0.05, 0.1) is 29.4 Å². The highest BCUT2D eigenvalue weighted by Gasteiger charge is 2.31. The quantitative estimate of drug-likeness (QED) is 0.588. The topological polar surface area (TPSA) is 59.6 Å². The molecule has 0 saturated heterocycles. The maximum absolute atomic E-state index is 12.7. The van der Waals surface area contributed by atoms with E-state index in [1.807, 2.05) is 56.3 Å². The van der Waals surface area contributed by atoms with Crippen LogP contribution in [0.2, 0.25) is 0 Å². The van der Waals surface area contributed by atoms with Crippen molar-refractivity contribution in [1.29, 1.82) is 0 Å². The minimum absolute atomic E-state index is 0.00649. The van der Waals surface area contributed by atoms with E-state index in [0.717, 1.165) is 15.6 Å². The Labute approximate surface area is 184 Å². The molecule has 0 saturated carbocycles. The summed E-state index contributed by atoms with van der Waals surface area (Å²) < 4.78 is 12.2. The van der Waals surface area contributed by atoms with Crippen LogP contribution in [0.5, 0.6) is 11.5 Å². The van der Waals surface area contributed by atoms with Crippen LogP contribution in [0.4, 0.5) is 0 Å². The molecule has 0 amide bonds. The third-order valence-electron chi connectivity index (χ3n) is 4.45. The second-order valence-corrected chi connectivity index (χ2v) is 8.21. The number of carbonyl (C=O) groups excluding carboxylic acids is 1. The van der Waals surface area contributed by atoms with Crippen molar-refractivity contribution in [2.45, 2.75) is 32.9 Å². The van der Waals surface area contributed by atoms with E-state index < -0.39 is 6.04 Å². The second kappa shape index (κ2) is 8.97. The zero-order valence-electron chi connectivity index (χ0n) is 16.7. The first-order valence-electron chi connectivity index (χ1n) is 9.24. The Bertz CT molecular complexity index is 974. The van der Waals surface area contributed by atoms with Crippen molar-refractivity contribution in [3.63, 3.8) is 0 Å². The van der Waals surface area contributed by atoms with Gasteiger partial charge in [0.15, 0.2) is 22.4 Å². The minimum atomic E-state index is -0.422. The zero-order chi connectivity index (χ0) is 21.1. The lowest BCUT2D eigenvalue weighted by Gasteiger charge is -2.32. The number of carbonyl (C=O) groups is 1. The van der Waals surface area contributed by atoms with Crippen LogP contribution in [0.3, 0.4) is 0 Å². The standard InChI is InChI=1S/C22H23BrN2O3S/c1-12(2)28-21-16(23)10-15(11-17(21)27-4)20-18(13(3)26)19(24-22(29)25-20)14-8-6-5-7-9-14/h5-12,20H,1-4H3,(H2,24,25,29)/t20-/m1/s1. The number of thiocarbonyl (C=S) groups is 1. The summed E-state index contributed by atoms with van der Waals surface area (Å²) in [5.74, 6) is 1.16. The van der Waals surface area contributed by atoms with Gasteiger partial charge in [-0.05, 0) is 72.2 Å². The summed E-state index contributed by atoms with van der Waals surface area (Å²) in [5.41, 5.74) is 3.06. The molecule has 1 atom stereocenters. The van der Waals surface area contributed by atoms with Gasteiger partial charge in [0.2, 0.25) is 0 Å². The van der Waals surface area contributed by atoms with E-state index >= 15 is 0 Å². The number of Topliss-reactive ketones (excluding diaryl/α,β-unsaturated/α-hetero) is 1. The van der Waals surface area contributed by atoms with Crippen molar-refractivity contribution in [2.24, 2.45) is 0 Å². The number of nitrogens with one attached hydrogen (secondary N) is 2. The van der Waals surface area contributed by atoms with Gasteiger partial charge < -0.3 is 20.1 Å². The second-order valence-electron chi connectivity index (χ2n) is 6.94. The molecule has 3 rings (SSSR count). The fourth-order valence-electron chi connectivity index (χ4n) is 3.28. The van der Waals surface area contributed by atoms with Crippen LogP contribution in [0.15, 0.2) is 52.5 Å². The Morgan fingerprint density at radius 1 is 1.21 bits per heavy atom. The maximum atomic E-state index is 12.7. The molecule has 0 unspecified atom stereocenters. The molecular weight excluding hydrogens is 452 g/mol.